The number of carbonyl (C=O) groups excluding carboxylic acids is 1. The molecule has 0 bridgehead atoms. The van der Waals surface area contributed by atoms with Gasteiger partial charge in [-0.05, 0) is 68.3 Å². The minimum Gasteiger partial charge on any atom is -0.480 e. The molecule has 0 saturated heterocycles. The molecule has 1 aliphatic rings. The second kappa shape index (κ2) is 11.0. The third kappa shape index (κ3) is 6.56. The highest BCUT2D eigenvalue weighted by Crippen LogP contribution is 2.32. The van der Waals surface area contributed by atoms with Gasteiger partial charge in [-0.1, -0.05) is 24.3 Å². The van der Waals surface area contributed by atoms with Crippen molar-refractivity contribution in [3.63, 3.8) is 0 Å². The van der Waals surface area contributed by atoms with Crippen LogP contribution >= 0.6 is 11.8 Å². The zero-order chi connectivity index (χ0) is 25.7. The van der Waals surface area contributed by atoms with E-state index in [-0.39, 0.29) is 12.5 Å². The van der Waals surface area contributed by atoms with Crippen LogP contribution in [-0.4, -0.2) is 45.7 Å². The molecule has 2 heterocycles. The number of thioether (sulfide) groups is 1. The molecule has 0 saturated carbocycles. The van der Waals surface area contributed by atoms with Crippen molar-refractivity contribution in [1.82, 2.24) is 4.90 Å². The van der Waals surface area contributed by atoms with E-state index in [1.807, 2.05) is 67.6 Å². The lowest BCUT2D eigenvalue weighted by Crippen LogP contribution is -2.40. The molecule has 1 aromatic heterocycles. The largest absolute Gasteiger partial charge is 0.480 e. The van der Waals surface area contributed by atoms with Gasteiger partial charge in [0.15, 0.2) is 6.61 Å². The van der Waals surface area contributed by atoms with Gasteiger partial charge in [0.05, 0.1) is 25.0 Å². The van der Waals surface area contributed by atoms with Gasteiger partial charge in [0.1, 0.15) is 10.5 Å². The van der Waals surface area contributed by atoms with Gasteiger partial charge in [-0.25, -0.2) is 0 Å². The molecule has 0 atom stereocenters. The maximum atomic E-state index is 12.5. The van der Waals surface area contributed by atoms with Crippen LogP contribution in [-0.2, 0) is 27.4 Å². The van der Waals surface area contributed by atoms with Gasteiger partial charge in [-0.3, -0.25) is 14.5 Å². The smallest absolute Gasteiger partial charge is 0.319 e. The molecular weight excluding hydrogens is 478 g/mol. The second-order valence-corrected chi connectivity index (χ2v) is 10.8. The average molecular weight is 508 g/mol. The summed E-state index contributed by atoms with van der Waals surface area (Å²) in [6.07, 6.45) is 1.64. The van der Waals surface area contributed by atoms with Gasteiger partial charge in [0.2, 0.25) is 5.90 Å². The predicted octanol–water partition coefficient (Wildman–Crippen LogP) is 4.92. The molecule has 1 aliphatic heterocycles. The van der Waals surface area contributed by atoms with E-state index in [9.17, 15) is 14.7 Å². The van der Waals surface area contributed by atoms with E-state index in [0.717, 1.165) is 21.8 Å². The van der Waals surface area contributed by atoms with Gasteiger partial charge in [-0.2, -0.15) is 5.01 Å². The van der Waals surface area contributed by atoms with Crippen LogP contribution in [0, 0.1) is 6.92 Å². The summed E-state index contributed by atoms with van der Waals surface area (Å²) < 4.78 is 10.3. The number of benzene rings is 2. The number of carboxylic acids is 1. The van der Waals surface area contributed by atoms with Crippen molar-refractivity contribution in [2.45, 2.75) is 43.5 Å². The van der Waals surface area contributed by atoms with Crippen molar-refractivity contribution in [2.24, 2.45) is 5.10 Å². The highest BCUT2D eigenvalue weighted by molar-refractivity contribution is 8.01. The van der Waals surface area contributed by atoms with E-state index in [1.165, 1.54) is 16.8 Å². The first-order chi connectivity index (χ1) is 17.2. The average Bonchev–Trinajstić information content (AvgIpc) is 3.34. The Hall–Kier alpha value is -3.56. The molecule has 188 valence electrons. The fourth-order valence-corrected chi connectivity index (χ4v) is 4.63. The second-order valence-electron chi connectivity index (χ2n) is 9.11. The van der Waals surface area contributed by atoms with Crippen LogP contribution in [0.15, 0.2) is 81.3 Å². The van der Waals surface area contributed by atoms with Gasteiger partial charge < -0.3 is 14.3 Å². The van der Waals surface area contributed by atoms with Crippen LogP contribution in [0.1, 0.15) is 30.7 Å². The molecule has 0 unspecified atom stereocenters. The van der Waals surface area contributed by atoms with E-state index < -0.39 is 10.7 Å². The molecule has 4 rings (SSSR count). The minimum absolute atomic E-state index is 0.0767. The van der Waals surface area contributed by atoms with Crippen LogP contribution in [0.25, 0.3) is 0 Å². The number of amides is 1. The van der Waals surface area contributed by atoms with Crippen molar-refractivity contribution in [1.29, 1.82) is 0 Å². The Morgan fingerprint density at radius 3 is 2.56 bits per heavy atom. The number of hydrogen-bond donors (Lipinski definition) is 1. The van der Waals surface area contributed by atoms with Crippen molar-refractivity contribution < 1.29 is 23.8 Å². The number of hydrogen-bond acceptors (Lipinski definition) is 7. The number of aliphatic carboxylic acids is 1. The summed E-state index contributed by atoms with van der Waals surface area (Å²) in [5.41, 5.74) is 2.79. The van der Waals surface area contributed by atoms with E-state index in [0.29, 0.717) is 31.2 Å². The molecule has 1 N–H and O–H groups in total. The number of aryl methyl sites for hydroxylation is 1. The van der Waals surface area contributed by atoms with E-state index in [4.69, 9.17) is 9.15 Å². The summed E-state index contributed by atoms with van der Waals surface area (Å²) >= 11 is 1.31. The molecule has 8 nitrogen and oxygen atoms in total. The van der Waals surface area contributed by atoms with Crippen LogP contribution in [0.2, 0.25) is 0 Å². The first-order valence-corrected chi connectivity index (χ1v) is 12.4. The fraction of sp³-hybridized carbons (Fsp3) is 0.296. The molecule has 0 radical (unpaired) electrons. The molecule has 36 heavy (non-hydrogen) atoms. The topological polar surface area (TPSA) is 95.6 Å². The number of nitrogens with zero attached hydrogens (tertiary/aromatic N) is 3. The summed E-state index contributed by atoms with van der Waals surface area (Å²) in [6.45, 7) is 6.75. The standard InChI is InChI=1S/C27H29N3O5S/c1-19-6-4-7-21(14-19)30-25(31)18-35-24(28-30)17-29(16-22-8-5-13-34-22)15-20-9-11-23(12-10-20)36-27(2,3)26(32)33/h4-14H,15-18H2,1-3H3,(H,32,33). The van der Waals surface area contributed by atoms with E-state index in [2.05, 4.69) is 10.0 Å². The van der Waals surface area contributed by atoms with Crippen LogP contribution in [0.3, 0.4) is 0 Å². The maximum Gasteiger partial charge on any atom is 0.319 e. The first-order valence-electron chi connectivity index (χ1n) is 11.6. The molecule has 1 amide bonds. The Morgan fingerprint density at radius 1 is 1.11 bits per heavy atom. The quantitative estimate of drug-likeness (QED) is 0.389. The number of furan rings is 1. The molecule has 9 heteroatoms. The third-order valence-corrected chi connectivity index (χ3v) is 6.79. The molecule has 3 aromatic rings. The van der Waals surface area contributed by atoms with Crippen molar-refractivity contribution in [3.8, 4) is 0 Å². The van der Waals surface area contributed by atoms with Gasteiger partial charge in [0, 0.05) is 11.4 Å². The zero-order valence-corrected chi connectivity index (χ0v) is 21.3. The Morgan fingerprint density at radius 2 is 1.89 bits per heavy atom. The van der Waals surface area contributed by atoms with Gasteiger partial charge in [-0.15, -0.1) is 16.9 Å². The van der Waals surface area contributed by atoms with E-state index in [1.54, 1.807) is 20.1 Å². The summed E-state index contributed by atoms with van der Waals surface area (Å²) in [4.78, 5) is 26.9. The number of ether oxygens (including phenoxy) is 1. The van der Waals surface area contributed by atoms with Crippen molar-refractivity contribution >= 4 is 35.2 Å². The van der Waals surface area contributed by atoms with Gasteiger partial charge in [0.25, 0.3) is 5.91 Å². The van der Waals surface area contributed by atoms with Crippen LogP contribution in [0.4, 0.5) is 5.69 Å². The molecule has 0 spiro atoms. The summed E-state index contributed by atoms with van der Waals surface area (Å²) in [5, 5.41) is 15.3. The Balaban J connectivity index is 1.51. The molecule has 0 fully saturated rings. The molecular formula is C27H29N3O5S. The highest BCUT2D eigenvalue weighted by atomic mass is 32.2. The van der Waals surface area contributed by atoms with E-state index >= 15 is 0 Å². The van der Waals surface area contributed by atoms with Gasteiger partial charge >= 0.3 is 5.97 Å². The van der Waals surface area contributed by atoms with Crippen LogP contribution in [0.5, 0.6) is 0 Å². The summed E-state index contributed by atoms with van der Waals surface area (Å²) in [7, 11) is 0. The highest BCUT2D eigenvalue weighted by Gasteiger charge is 2.28. The minimum atomic E-state index is -0.913. The number of carbonyl (C=O) groups is 2. The zero-order valence-electron chi connectivity index (χ0n) is 20.5. The normalized spacial score (nSPS) is 14.1. The summed E-state index contributed by atoms with van der Waals surface area (Å²) in [6, 6.07) is 19.2. The number of anilines is 1. The first kappa shape index (κ1) is 25.5. The summed E-state index contributed by atoms with van der Waals surface area (Å²) in [5.74, 6) is 0.165. The fourth-order valence-electron chi connectivity index (χ4n) is 3.68. The lowest BCUT2D eigenvalue weighted by molar-refractivity contribution is -0.138. The lowest BCUT2D eigenvalue weighted by Gasteiger charge is -2.27. The predicted molar refractivity (Wildman–Crippen MR) is 139 cm³/mol. The Kier molecular flexibility index (Phi) is 7.81. The third-order valence-electron chi connectivity index (χ3n) is 5.59. The SMILES string of the molecule is Cc1cccc(N2N=C(CN(Cc3ccc(SC(C)(C)C(=O)O)cc3)Cc3ccco3)OCC2=O)c1. The lowest BCUT2D eigenvalue weighted by atomic mass is 10.2. The Bertz CT molecular complexity index is 1240. The van der Waals surface area contributed by atoms with Crippen molar-refractivity contribution in [2.75, 3.05) is 18.2 Å². The maximum absolute atomic E-state index is 12.5. The number of rotatable bonds is 10. The van der Waals surface area contributed by atoms with Crippen LogP contribution < -0.4 is 5.01 Å². The number of hydrazone groups is 1. The monoisotopic (exact) mass is 507 g/mol. The molecule has 0 aliphatic carbocycles. The Labute approximate surface area is 214 Å². The van der Waals surface area contributed by atoms with Crippen molar-refractivity contribution in [3.05, 3.63) is 83.8 Å². The number of carboxylic acid groups (broad SMARTS) is 1. The molecule has 2 aromatic carbocycles.